The number of nitrogens with zero attached hydrogens (tertiary/aromatic N) is 1. The Hall–Kier alpha value is -1.75. The van der Waals surface area contributed by atoms with Crippen molar-refractivity contribution in [2.24, 2.45) is 0 Å². The van der Waals surface area contributed by atoms with Gasteiger partial charge < -0.3 is 10.2 Å². The molecule has 2 atom stereocenters. The predicted octanol–water partition coefficient (Wildman–Crippen LogP) is 5.91. The van der Waals surface area contributed by atoms with Crippen molar-refractivity contribution in [2.75, 3.05) is 0 Å². The molecule has 4 nitrogen and oxygen atoms in total. The predicted molar refractivity (Wildman–Crippen MR) is 124 cm³/mol. The molecule has 0 spiro atoms. The second-order valence-electron chi connectivity index (χ2n) is 7.34. The molecule has 162 valence electrons. The SMILES string of the molecule is CCC(C)NC(=O)C(C)N(Cc1ccc(Cl)cc1Cl)C(=O)CCc1ccccc1Cl. The van der Waals surface area contributed by atoms with Gasteiger partial charge in [0.1, 0.15) is 6.04 Å². The van der Waals surface area contributed by atoms with Crippen LogP contribution in [0.5, 0.6) is 0 Å². The third-order valence-electron chi connectivity index (χ3n) is 5.09. The summed E-state index contributed by atoms with van der Waals surface area (Å²) in [5, 5.41) is 4.55. The maximum absolute atomic E-state index is 13.1. The van der Waals surface area contributed by atoms with E-state index in [0.717, 1.165) is 17.5 Å². The number of hydrogen-bond donors (Lipinski definition) is 1. The van der Waals surface area contributed by atoms with Gasteiger partial charge in [-0.15, -0.1) is 0 Å². The van der Waals surface area contributed by atoms with Crippen molar-refractivity contribution in [3.63, 3.8) is 0 Å². The lowest BCUT2D eigenvalue weighted by Gasteiger charge is -2.30. The fraction of sp³-hybridized carbons (Fsp3) is 0.391. The van der Waals surface area contributed by atoms with E-state index in [1.807, 2.05) is 32.0 Å². The summed E-state index contributed by atoms with van der Waals surface area (Å²) in [4.78, 5) is 27.4. The number of halogens is 3. The second-order valence-corrected chi connectivity index (χ2v) is 8.59. The van der Waals surface area contributed by atoms with E-state index in [2.05, 4.69) is 5.32 Å². The van der Waals surface area contributed by atoms with Crippen LogP contribution in [0.25, 0.3) is 0 Å². The average molecular weight is 470 g/mol. The van der Waals surface area contributed by atoms with Gasteiger partial charge in [0.15, 0.2) is 0 Å². The number of amides is 2. The summed E-state index contributed by atoms with van der Waals surface area (Å²) < 4.78 is 0. The van der Waals surface area contributed by atoms with E-state index in [-0.39, 0.29) is 30.8 Å². The molecule has 0 bridgehead atoms. The van der Waals surface area contributed by atoms with E-state index >= 15 is 0 Å². The highest BCUT2D eigenvalue weighted by molar-refractivity contribution is 6.35. The Balaban J connectivity index is 2.21. The minimum atomic E-state index is -0.649. The standard InChI is InChI=1S/C23H27Cl3N2O2/c1-4-15(2)27-23(30)16(3)28(14-18-9-11-19(24)13-21(18)26)22(29)12-10-17-7-5-6-8-20(17)25/h5-9,11,13,15-16H,4,10,12,14H2,1-3H3,(H,27,30). The van der Waals surface area contributed by atoms with E-state index < -0.39 is 6.04 Å². The first-order valence-corrected chi connectivity index (χ1v) is 11.1. The van der Waals surface area contributed by atoms with Gasteiger partial charge in [0.2, 0.25) is 11.8 Å². The Morgan fingerprint density at radius 2 is 1.70 bits per heavy atom. The summed E-state index contributed by atoms with van der Waals surface area (Å²) in [5.41, 5.74) is 1.63. The molecule has 2 rings (SSSR count). The number of rotatable bonds is 9. The van der Waals surface area contributed by atoms with E-state index in [1.54, 1.807) is 36.1 Å². The molecule has 2 aromatic rings. The van der Waals surface area contributed by atoms with Crippen LogP contribution in [-0.2, 0) is 22.6 Å². The lowest BCUT2D eigenvalue weighted by atomic mass is 10.1. The van der Waals surface area contributed by atoms with Gasteiger partial charge in [-0.3, -0.25) is 9.59 Å². The Labute approximate surface area is 193 Å². The molecule has 2 unspecified atom stereocenters. The highest BCUT2D eigenvalue weighted by atomic mass is 35.5. The van der Waals surface area contributed by atoms with Gasteiger partial charge in [0, 0.05) is 34.1 Å². The van der Waals surface area contributed by atoms with Crippen molar-refractivity contribution < 1.29 is 9.59 Å². The maximum atomic E-state index is 13.1. The van der Waals surface area contributed by atoms with Gasteiger partial charge in [0.05, 0.1) is 0 Å². The first-order valence-electron chi connectivity index (χ1n) is 10.00. The molecule has 0 radical (unpaired) electrons. The summed E-state index contributed by atoms with van der Waals surface area (Å²) in [7, 11) is 0. The van der Waals surface area contributed by atoms with Crippen LogP contribution in [0.1, 0.15) is 44.7 Å². The molecule has 0 saturated heterocycles. The summed E-state index contributed by atoms with van der Waals surface area (Å²) in [6, 6.07) is 11.9. The Morgan fingerprint density at radius 3 is 2.33 bits per heavy atom. The fourth-order valence-electron chi connectivity index (χ4n) is 2.97. The van der Waals surface area contributed by atoms with Gasteiger partial charge in [-0.25, -0.2) is 0 Å². The lowest BCUT2D eigenvalue weighted by molar-refractivity contribution is -0.140. The zero-order valence-electron chi connectivity index (χ0n) is 17.4. The Bertz CT molecular complexity index is 889. The second kappa shape index (κ2) is 11.6. The van der Waals surface area contributed by atoms with E-state index in [0.29, 0.717) is 21.5 Å². The molecule has 1 N–H and O–H groups in total. The molecule has 0 aliphatic rings. The van der Waals surface area contributed by atoms with Gasteiger partial charge in [-0.05, 0) is 56.0 Å². The molecule has 30 heavy (non-hydrogen) atoms. The van der Waals surface area contributed by atoms with E-state index in [1.165, 1.54) is 0 Å². The van der Waals surface area contributed by atoms with Gasteiger partial charge in [-0.1, -0.05) is 66.0 Å². The first kappa shape index (κ1) is 24.5. The molecule has 2 aromatic carbocycles. The van der Waals surface area contributed by atoms with Crippen LogP contribution in [0.15, 0.2) is 42.5 Å². The minimum Gasteiger partial charge on any atom is -0.352 e. The van der Waals surface area contributed by atoms with Crippen molar-refractivity contribution in [2.45, 2.75) is 58.7 Å². The summed E-state index contributed by atoms with van der Waals surface area (Å²) in [5.74, 6) is -0.340. The molecule has 0 fully saturated rings. The number of nitrogens with one attached hydrogen (secondary N) is 1. The number of benzene rings is 2. The molecule has 0 saturated carbocycles. The summed E-state index contributed by atoms with van der Waals surface area (Å²) >= 11 is 18.5. The van der Waals surface area contributed by atoms with Crippen LogP contribution in [0.3, 0.4) is 0 Å². The number of carbonyl (C=O) groups excluding carboxylic acids is 2. The normalized spacial score (nSPS) is 12.9. The number of hydrogen-bond acceptors (Lipinski definition) is 2. The Morgan fingerprint density at radius 1 is 1.00 bits per heavy atom. The monoisotopic (exact) mass is 468 g/mol. The fourth-order valence-corrected chi connectivity index (χ4v) is 3.67. The van der Waals surface area contributed by atoms with E-state index in [4.69, 9.17) is 34.8 Å². The molecular formula is C23H27Cl3N2O2. The van der Waals surface area contributed by atoms with Crippen molar-refractivity contribution in [3.8, 4) is 0 Å². The Kier molecular flexibility index (Phi) is 9.47. The molecule has 7 heteroatoms. The molecule has 0 aliphatic carbocycles. The molecule has 0 heterocycles. The van der Waals surface area contributed by atoms with Gasteiger partial charge in [0.25, 0.3) is 0 Å². The molecule has 0 aromatic heterocycles. The molecule has 0 aliphatic heterocycles. The maximum Gasteiger partial charge on any atom is 0.242 e. The van der Waals surface area contributed by atoms with Crippen molar-refractivity contribution in [1.82, 2.24) is 10.2 Å². The van der Waals surface area contributed by atoms with Crippen LogP contribution < -0.4 is 5.32 Å². The van der Waals surface area contributed by atoms with Crippen LogP contribution in [0, 0.1) is 0 Å². The van der Waals surface area contributed by atoms with E-state index in [9.17, 15) is 9.59 Å². The molecule has 2 amide bonds. The van der Waals surface area contributed by atoms with Gasteiger partial charge >= 0.3 is 0 Å². The zero-order valence-corrected chi connectivity index (χ0v) is 19.7. The van der Waals surface area contributed by atoms with Crippen LogP contribution in [0.2, 0.25) is 15.1 Å². The van der Waals surface area contributed by atoms with Crippen LogP contribution >= 0.6 is 34.8 Å². The topological polar surface area (TPSA) is 49.4 Å². The first-order chi connectivity index (χ1) is 14.2. The third-order valence-corrected chi connectivity index (χ3v) is 6.05. The quantitative estimate of drug-likeness (QED) is 0.496. The van der Waals surface area contributed by atoms with Gasteiger partial charge in [-0.2, -0.15) is 0 Å². The van der Waals surface area contributed by atoms with Crippen molar-refractivity contribution in [1.29, 1.82) is 0 Å². The highest BCUT2D eigenvalue weighted by Gasteiger charge is 2.27. The summed E-state index contributed by atoms with van der Waals surface area (Å²) in [6.07, 6.45) is 1.53. The lowest BCUT2D eigenvalue weighted by Crippen LogP contribution is -2.49. The summed E-state index contributed by atoms with van der Waals surface area (Å²) in [6.45, 7) is 5.88. The van der Waals surface area contributed by atoms with Crippen LogP contribution in [0.4, 0.5) is 0 Å². The number of aryl methyl sites for hydroxylation is 1. The van der Waals surface area contributed by atoms with Crippen molar-refractivity contribution in [3.05, 3.63) is 68.7 Å². The average Bonchev–Trinajstić information content (AvgIpc) is 2.71. The minimum absolute atomic E-state index is 0.0270. The third kappa shape index (κ3) is 6.90. The number of carbonyl (C=O) groups is 2. The largest absolute Gasteiger partial charge is 0.352 e. The van der Waals surface area contributed by atoms with Crippen molar-refractivity contribution >= 4 is 46.6 Å². The smallest absolute Gasteiger partial charge is 0.242 e. The molecular weight excluding hydrogens is 443 g/mol. The zero-order chi connectivity index (χ0) is 22.3. The highest BCUT2D eigenvalue weighted by Crippen LogP contribution is 2.24. The van der Waals surface area contributed by atoms with Crippen LogP contribution in [-0.4, -0.2) is 28.8 Å².